The molecule has 0 aliphatic carbocycles. The van der Waals surface area contributed by atoms with Crippen LogP contribution >= 0.6 is 23.2 Å². The Balaban J connectivity index is 1.49. The van der Waals surface area contributed by atoms with E-state index in [-0.39, 0.29) is 22.2 Å². The number of nitrogens with one attached hydrogen (secondary N) is 1. The molecule has 1 N–H and O–H groups in total. The number of rotatable bonds is 8. The van der Waals surface area contributed by atoms with E-state index in [1.165, 1.54) is 6.07 Å². The Kier molecular flexibility index (Phi) is 8.33. The number of hydrogen-bond acceptors (Lipinski definition) is 4. The molecule has 0 aromatic heterocycles. The average Bonchev–Trinajstić information content (AvgIpc) is 2.75. The number of hydrogen-bond donors (Lipinski definition) is 1. The van der Waals surface area contributed by atoms with Crippen LogP contribution in [0.15, 0.2) is 36.4 Å². The molecule has 1 aliphatic heterocycles. The molecule has 0 saturated carbocycles. The highest BCUT2D eigenvalue weighted by Gasteiger charge is 2.18. The maximum Gasteiger partial charge on any atom is 0.253 e. The zero-order valence-corrected chi connectivity index (χ0v) is 18.3. The van der Waals surface area contributed by atoms with Crippen LogP contribution in [0.5, 0.6) is 5.75 Å². The summed E-state index contributed by atoms with van der Waals surface area (Å²) in [6, 6.07) is 10.3. The first-order valence-electron chi connectivity index (χ1n) is 9.86. The monoisotopic (exact) mass is 454 g/mol. The molecule has 1 saturated heterocycles. The molecule has 3 rings (SSSR count). The molecule has 2 aromatic carbocycles. The second-order valence-electron chi connectivity index (χ2n) is 7.25. The number of ether oxygens (including phenoxy) is 2. The molecular formula is C22H25Cl2FN2O3. The molecule has 2 aromatic rings. The van der Waals surface area contributed by atoms with Gasteiger partial charge in [-0.3, -0.25) is 9.69 Å². The summed E-state index contributed by atoms with van der Waals surface area (Å²) in [6.07, 6.45) is 2.10. The van der Waals surface area contributed by atoms with Crippen molar-refractivity contribution in [2.24, 2.45) is 0 Å². The Bertz CT molecular complexity index is 875. The van der Waals surface area contributed by atoms with Crippen LogP contribution in [-0.4, -0.2) is 50.3 Å². The van der Waals surface area contributed by atoms with E-state index in [0.717, 1.165) is 50.0 Å². The lowest BCUT2D eigenvalue weighted by Gasteiger charge is -2.31. The van der Waals surface area contributed by atoms with Crippen molar-refractivity contribution in [2.45, 2.75) is 25.4 Å². The van der Waals surface area contributed by atoms with E-state index < -0.39 is 11.7 Å². The second kappa shape index (κ2) is 11.0. The van der Waals surface area contributed by atoms with E-state index in [9.17, 15) is 9.18 Å². The Hall–Kier alpha value is -1.86. The zero-order chi connectivity index (χ0) is 21.5. The van der Waals surface area contributed by atoms with Gasteiger partial charge in [0.2, 0.25) is 0 Å². The molecular weight excluding hydrogens is 430 g/mol. The van der Waals surface area contributed by atoms with Crippen molar-refractivity contribution in [1.82, 2.24) is 10.2 Å². The molecule has 0 atom stereocenters. The molecule has 30 heavy (non-hydrogen) atoms. The van der Waals surface area contributed by atoms with Crippen LogP contribution < -0.4 is 10.1 Å². The van der Waals surface area contributed by atoms with Crippen LogP contribution in [0.1, 0.15) is 28.8 Å². The first kappa shape index (κ1) is 22.8. The largest absolute Gasteiger partial charge is 0.492 e. The van der Waals surface area contributed by atoms with E-state index in [4.69, 9.17) is 32.7 Å². The fourth-order valence-electron chi connectivity index (χ4n) is 3.34. The maximum absolute atomic E-state index is 13.6. The van der Waals surface area contributed by atoms with Crippen molar-refractivity contribution in [3.63, 3.8) is 0 Å². The van der Waals surface area contributed by atoms with Gasteiger partial charge in [0.05, 0.1) is 15.6 Å². The van der Waals surface area contributed by atoms with Crippen molar-refractivity contribution in [2.75, 3.05) is 33.4 Å². The van der Waals surface area contributed by atoms with Gasteiger partial charge < -0.3 is 14.8 Å². The summed E-state index contributed by atoms with van der Waals surface area (Å²) in [5.74, 6) is -0.426. The Morgan fingerprint density at radius 2 is 2.00 bits per heavy atom. The molecule has 0 radical (unpaired) electrons. The number of nitrogens with zero attached hydrogens (tertiary/aromatic N) is 1. The van der Waals surface area contributed by atoms with Gasteiger partial charge in [-0.25, -0.2) is 4.39 Å². The minimum atomic E-state index is -0.688. The SMILES string of the molecule is CN(CCOc1cccc(CNC(=O)c2cc(F)c(Cl)cc2Cl)c1)C1CCOCC1. The first-order chi connectivity index (χ1) is 14.4. The van der Waals surface area contributed by atoms with E-state index in [2.05, 4.69) is 17.3 Å². The van der Waals surface area contributed by atoms with E-state index >= 15 is 0 Å². The third-order valence-electron chi connectivity index (χ3n) is 5.13. The van der Waals surface area contributed by atoms with Crippen LogP contribution in [0.3, 0.4) is 0 Å². The van der Waals surface area contributed by atoms with Crippen molar-refractivity contribution in [3.8, 4) is 5.75 Å². The third kappa shape index (κ3) is 6.32. The molecule has 0 spiro atoms. The zero-order valence-electron chi connectivity index (χ0n) is 16.8. The Morgan fingerprint density at radius 1 is 1.23 bits per heavy atom. The summed E-state index contributed by atoms with van der Waals surface area (Å²) in [5.41, 5.74) is 0.909. The summed E-state index contributed by atoms with van der Waals surface area (Å²) >= 11 is 11.7. The molecule has 8 heteroatoms. The van der Waals surface area contributed by atoms with E-state index in [1.54, 1.807) is 0 Å². The van der Waals surface area contributed by atoms with Crippen LogP contribution in [0.4, 0.5) is 4.39 Å². The van der Waals surface area contributed by atoms with Gasteiger partial charge in [-0.1, -0.05) is 35.3 Å². The summed E-state index contributed by atoms with van der Waals surface area (Å²) in [6.45, 7) is 3.29. The summed E-state index contributed by atoms with van der Waals surface area (Å²) in [4.78, 5) is 14.6. The molecule has 1 fully saturated rings. The first-order valence-corrected chi connectivity index (χ1v) is 10.6. The Labute approximate surface area is 186 Å². The predicted molar refractivity (Wildman–Crippen MR) is 116 cm³/mol. The van der Waals surface area contributed by atoms with Crippen LogP contribution in [0.25, 0.3) is 0 Å². The third-order valence-corrected chi connectivity index (χ3v) is 5.74. The van der Waals surface area contributed by atoms with E-state index in [1.807, 2.05) is 24.3 Å². The number of halogens is 3. The molecule has 5 nitrogen and oxygen atoms in total. The van der Waals surface area contributed by atoms with Crippen LogP contribution in [0.2, 0.25) is 10.0 Å². The lowest BCUT2D eigenvalue weighted by Crippen LogP contribution is -2.38. The van der Waals surface area contributed by atoms with E-state index in [0.29, 0.717) is 12.6 Å². The van der Waals surface area contributed by atoms with Gasteiger partial charge in [0.25, 0.3) is 5.91 Å². The normalized spacial score (nSPS) is 14.7. The minimum Gasteiger partial charge on any atom is -0.492 e. The lowest BCUT2D eigenvalue weighted by atomic mass is 10.1. The number of carbonyl (C=O) groups excluding carboxylic acids is 1. The lowest BCUT2D eigenvalue weighted by molar-refractivity contribution is 0.0392. The average molecular weight is 455 g/mol. The number of benzene rings is 2. The predicted octanol–water partition coefficient (Wildman–Crippen LogP) is 4.55. The van der Waals surface area contributed by atoms with Gasteiger partial charge >= 0.3 is 0 Å². The molecule has 1 heterocycles. The topological polar surface area (TPSA) is 50.8 Å². The Morgan fingerprint density at radius 3 is 2.77 bits per heavy atom. The highest BCUT2D eigenvalue weighted by Crippen LogP contribution is 2.24. The van der Waals surface area contributed by atoms with Crippen LogP contribution in [0, 0.1) is 5.82 Å². The van der Waals surface area contributed by atoms with Gasteiger partial charge in [-0.15, -0.1) is 0 Å². The molecule has 1 aliphatic rings. The molecule has 1 amide bonds. The van der Waals surface area contributed by atoms with Gasteiger partial charge in [0, 0.05) is 32.3 Å². The second-order valence-corrected chi connectivity index (χ2v) is 8.06. The molecule has 0 bridgehead atoms. The number of likely N-dealkylation sites (N-methyl/N-ethyl adjacent to an activating group) is 1. The number of carbonyl (C=O) groups is 1. The maximum atomic E-state index is 13.6. The summed E-state index contributed by atoms with van der Waals surface area (Å²) in [7, 11) is 2.11. The standard InChI is InChI=1S/C22H25Cl2FN2O3/c1-27(16-5-8-29-9-6-16)7-10-30-17-4-2-3-15(11-17)14-26-22(28)18-12-21(25)20(24)13-19(18)23/h2-4,11-13,16H,5-10,14H2,1H3,(H,26,28). The van der Waals surface area contributed by atoms with Crippen molar-refractivity contribution in [3.05, 3.63) is 63.4 Å². The highest BCUT2D eigenvalue weighted by atomic mass is 35.5. The summed E-state index contributed by atoms with van der Waals surface area (Å²) in [5, 5.41) is 2.72. The highest BCUT2D eigenvalue weighted by molar-refractivity contribution is 6.36. The van der Waals surface area contributed by atoms with Crippen molar-refractivity contribution < 1.29 is 18.7 Å². The fraction of sp³-hybridized carbons (Fsp3) is 0.409. The molecule has 0 unspecified atom stereocenters. The summed E-state index contributed by atoms with van der Waals surface area (Å²) < 4.78 is 24.9. The van der Waals surface area contributed by atoms with Gasteiger partial charge in [-0.05, 0) is 49.7 Å². The quantitative estimate of drug-likeness (QED) is 0.594. The van der Waals surface area contributed by atoms with Gasteiger partial charge in [0.15, 0.2) is 0 Å². The van der Waals surface area contributed by atoms with Gasteiger partial charge in [0.1, 0.15) is 18.2 Å². The minimum absolute atomic E-state index is 0.0436. The van der Waals surface area contributed by atoms with Crippen molar-refractivity contribution >= 4 is 29.1 Å². The van der Waals surface area contributed by atoms with Crippen LogP contribution in [-0.2, 0) is 11.3 Å². The number of amides is 1. The van der Waals surface area contributed by atoms with Gasteiger partial charge in [-0.2, -0.15) is 0 Å². The smallest absolute Gasteiger partial charge is 0.253 e. The molecule has 162 valence electrons. The van der Waals surface area contributed by atoms with Crippen molar-refractivity contribution in [1.29, 1.82) is 0 Å². The fourth-order valence-corrected chi connectivity index (χ4v) is 3.80.